The standard InChI is InChI=1S/C17H26O2.H3O4P/c1-3-4-5-6-7-8-9-14-19-17(18)16-12-10-15(2)11-13-16;1-5(2,3)4/h10-13H,3-9,14H2,1-2H3;(H3,1,2,3,4). The van der Waals surface area contributed by atoms with E-state index >= 15 is 0 Å². The van der Waals surface area contributed by atoms with Crippen LogP contribution in [0.15, 0.2) is 24.3 Å². The summed E-state index contributed by atoms with van der Waals surface area (Å²) in [7, 11) is -4.64. The summed E-state index contributed by atoms with van der Waals surface area (Å²) in [4.78, 5) is 33.3. The van der Waals surface area contributed by atoms with Gasteiger partial charge >= 0.3 is 13.8 Å². The van der Waals surface area contributed by atoms with Gasteiger partial charge in [0.15, 0.2) is 0 Å². The van der Waals surface area contributed by atoms with Gasteiger partial charge in [0, 0.05) is 0 Å². The summed E-state index contributed by atoms with van der Waals surface area (Å²) in [5.74, 6) is -0.203. The van der Waals surface area contributed by atoms with Gasteiger partial charge in [-0.25, -0.2) is 9.36 Å². The molecule has 3 N–H and O–H groups in total. The Balaban J connectivity index is 0.000000922. The van der Waals surface area contributed by atoms with E-state index in [9.17, 15) is 4.79 Å². The molecule has 1 rings (SSSR count). The van der Waals surface area contributed by atoms with Crippen molar-refractivity contribution in [3.63, 3.8) is 0 Å². The minimum absolute atomic E-state index is 0.203. The molecule has 0 aliphatic heterocycles. The van der Waals surface area contributed by atoms with Crippen LogP contribution in [-0.4, -0.2) is 27.3 Å². The van der Waals surface area contributed by atoms with E-state index in [1.165, 1.54) is 32.1 Å². The van der Waals surface area contributed by atoms with Gasteiger partial charge in [0.25, 0.3) is 0 Å². The van der Waals surface area contributed by atoms with Crippen molar-refractivity contribution in [1.82, 2.24) is 0 Å². The molecule has 1 aromatic rings. The number of hydrogen-bond acceptors (Lipinski definition) is 3. The molecule has 0 aromatic heterocycles. The molecule has 0 radical (unpaired) electrons. The maximum atomic E-state index is 11.7. The lowest BCUT2D eigenvalue weighted by Crippen LogP contribution is -2.06. The number of hydrogen-bond donors (Lipinski definition) is 3. The fraction of sp³-hybridized carbons (Fsp3) is 0.588. The van der Waals surface area contributed by atoms with Crippen molar-refractivity contribution in [3.8, 4) is 0 Å². The number of unbranched alkanes of at least 4 members (excludes halogenated alkanes) is 6. The number of aryl methyl sites for hydroxylation is 1. The summed E-state index contributed by atoms with van der Waals surface area (Å²) in [6.07, 6.45) is 8.65. The molecule has 0 aliphatic carbocycles. The van der Waals surface area contributed by atoms with Gasteiger partial charge in [-0.2, -0.15) is 0 Å². The number of carbonyl (C=O) groups is 1. The molecule has 1 aromatic carbocycles. The lowest BCUT2D eigenvalue weighted by Gasteiger charge is -2.05. The van der Waals surface area contributed by atoms with Crippen molar-refractivity contribution < 1.29 is 28.8 Å². The molecule has 0 atom stereocenters. The highest BCUT2D eigenvalue weighted by atomic mass is 31.2. The Hall–Kier alpha value is -1.20. The lowest BCUT2D eigenvalue weighted by molar-refractivity contribution is 0.0497. The number of phosphoric acid groups is 1. The summed E-state index contributed by atoms with van der Waals surface area (Å²) < 4.78 is 14.1. The van der Waals surface area contributed by atoms with Gasteiger partial charge in [-0.15, -0.1) is 0 Å². The second kappa shape index (κ2) is 13.1. The molecule has 0 unspecified atom stereocenters. The summed E-state index contributed by atoms with van der Waals surface area (Å²) in [6.45, 7) is 4.78. The van der Waals surface area contributed by atoms with E-state index < -0.39 is 7.82 Å². The van der Waals surface area contributed by atoms with E-state index in [1.807, 2.05) is 31.2 Å². The van der Waals surface area contributed by atoms with Crippen LogP contribution in [0.4, 0.5) is 0 Å². The first-order chi connectivity index (χ1) is 11.2. The Morgan fingerprint density at radius 3 is 1.92 bits per heavy atom. The molecule has 0 amide bonds. The molecule has 0 fully saturated rings. The van der Waals surface area contributed by atoms with Gasteiger partial charge in [-0.1, -0.05) is 63.1 Å². The molecule has 6 nitrogen and oxygen atoms in total. The Kier molecular flexibility index (Phi) is 12.5. The number of benzene rings is 1. The van der Waals surface area contributed by atoms with Crippen molar-refractivity contribution in [1.29, 1.82) is 0 Å². The largest absolute Gasteiger partial charge is 0.466 e. The maximum absolute atomic E-state index is 11.7. The maximum Gasteiger partial charge on any atom is 0.466 e. The summed E-state index contributed by atoms with van der Waals surface area (Å²) in [6, 6.07) is 7.51. The number of esters is 1. The molecular formula is C17H29O6P. The van der Waals surface area contributed by atoms with Crippen LogP contribution in [0.1, 0.15) is 67.8 Å². The van der Waals surface area contributed by atoms with Crippen molar-refractivity contribution >= 4 is 13.8 Å². The predicted molar refractivity (Wildman–Crippen MR) is 93.7 cm³/mol. The van der Waals surface area contributed by atoms with Crippen LogP contribution in [0, 0.1) is 6.92 Å². The van der Waals surface area contributed by atoms with Crippen LogP contribution < -0.4 is 0 Å². The van der Waals surface area contributed by atoms with Gasteiger partial charge < -0.3 is 19.4 Å². The molecule has 0 saturated heterocycles. The molecule has 0 bridgehead atoms. The monoisotopic (exact) mass is 360 g/mol. The van der Waals surface area contributed by atoms with E-state index in [-0.39, 0.29) is 5.97 Å². The Bertz CT molecular complexity index is 486. The Morgan fingerprint density at radius 2 is 1.42 bits per heavy atom. The number of ether oxygens (including phenoxy) is 1. The summed E-state index contributed by atoms with van der Waals surface area (Å²) in [5.41, 5.74) is 1.80. The minimum Gasteiger partial charge on any atom is -0.462 e. The van der Waals surface area contributed by atoms with Gasteiger partial charge in [-0.3, -0.25) is 0 Å². The lowest BCUT2D eigenvalue weighted by atomic mass is 10.1. The Morgan fingerprint density at radius 1 is 0.958 bits per heavy atom. The molecule has 0 saturated carbocycles. The third-order valence-corrected chi connectivity index (χ3v) is 3.27. The van der Waals surface area contributed by atoms with Crippen molar-refractivity contribution in [2.24, 2.45) is 0 Å². The van der Waals surface area contributed by atoms with E-state index in [2.05, 4.69) is 6.92 Å². The predicted octanol–water partition coefficient (Wildman–Crippen LogP) is 3.97. The van der Waals surface area contributed by atoms with E-state index in [0.29, 0.717) is 12.2 Å². The molecule has 138 valence electrons. The highest BCUT2D eigenvalue weighted by molar-refractivity contribution is 7.45. The zero-order valence-electron chi connectivity index (χ0n) is 14.5. The molecule has 0 aliphatic rings. The smallest absolute Gasteiger partial charge is 0.462 e. The summed E-state index contributed by atoms with van der Waals surface area (Å²) >= 11 is 0. The number of rotatable bonds is 9. The van der Waals surface area contributed by atoms with Crippen LogP contribution in [0.25, 0.3) is 0 Å². The van der Waals surface area contributed by atoms with E-state index in [1.54, 1.807) is 0 Å². The molecular weight excluding hydrogens is 331 g/mol. The highest BCUT2D eigenvalue weighted by Crippen LogP contribution is 2.25. The van der Waals surface area contributed by atoms with Crippen molar-refractivity contribution in [3.05, 3.63) is 35.4 Å². The zero-order valence-corrected chi connectivity index (χ0v) is 15.4. The Labute approximate surface area is 144 Å². The van der Waals surface area contributed by atoms with Crippen LogP contribution in [-0.2, 0) is 9.30 Å². The average Bonchev–Trinajstić information content (AvgIpc) is 2.49. The van der Waals surface area contributed by atoms with Crippen LogP contribution in [0.3, 0.4) is 0 Å². The quantitative estimate of drug-likeness (QED) is 0.350. The second-order valence-corrected chi connectivity index (χ2v) is 6.66. The first-order valence-corrected chi connectivity index (χ1v) is 9.82. The molecule has 0 heterocycles. The SMILES string of the molecule is CCCCCCCCCOC(=O)c1ccc(C)cc1.O=P(O)(O)O. The van der Waals surface area contributed by atoms with Gasteiger partial charge in [0.1, 0.15) is 0 Å². The fourth-order valence-corrected chi connectivity index (χ4v) is 2.00. The zero-order chi connectivity index (χ0) is 18.4. The first kappa shape index (κ1) is 22.8. The fourth-order valence-electron chi connectivity index (χ4n) is 2.00. The first-order valence-electron chi connectivity index (χ1n) is 8.26. The second-order valence-electron chi connectivity index (χ2n) is 5.64. The topological polar surface area (TPSA) is 104 Å². The molecule has 7 heteroatoms. The van der Waals surface area contributed by atoms with E-state index in [0.717, 1.165) is 18.4 Å². The normalized spacial score (nSPS) is 10.7. The minimum atomic E-state index is -4.64. The third-order valence-electron chi connectivity index (χ3n) is 3.27. The highest BCUT2D eigenvalue weighted by Gasteiger charge is 2.05. The van der Waals surface area contributed by atoms with Crippen LogP contribution in [0.5, 0.6) is 0 Å². The average molecular weight is 360 g/mol. The van der Waals surface area contributed by atoms with Gasteiger partial charge in [0.2, 0.25) is 0 Å². The van der Waals surface area contributed by atoms with Crippen molar-refractivity contribution in [2.45, 2.75) is 58.8 Å². The third kappa shape index (κ3) is 15.7. The van der Waals surface area contributed by atoms with Gasteiger partial charge in [-0.05, 0) is 25.5 Å². The molecule has 0 spiro atoms. The molecule has 24 heavy (non-hydrogen) atoms. The van der Waals surface area contributed by atoms with Crippen LogP contribution >= 0.6 is 7.82 Å². The van der Waals surface area contributed by atoms with Crippen LogP contribution in [0.2, 0.25) is 0 Å². The number of carbonyl (C=O) groups excluding carboxylic acids is 1. The summed E-state index contributed by atoms with van der Waals surface area (Å²) in [5, 5.41) is 0. The van der Waals surface area contributed by atoms with E-state index in [4.69, 9.17) is 24.0 Å². The van der Waals surface area contributed by atoms with Crippen molar-refractivity contribution in [2.75, 3.05) is 6.61 Å². The van der Waals surface area contributed by atoms with Gasteiger partial charge in [0.05, 0.1) is 12.2 Å².